The Bertz CT molecular complexity index is 941. The van der Waals surface area contributed by atoms with E-state index in [4.69, 9.17) is 0 Å². The lowest BCUT2D eigenvalue weighted by Gasteiger charge is -2.06. The summed E-state index contributed by atoms with van der Waals surface area (Å²) in [5.41, 5.74) is 2.90. The minimum absolute atomic E-state index is 0.145. The molecule has 1 aliphatic heterocycles. The highest BCUT2D eigenvalue weighted by molar-refractivity contribution is 6.35. The molecule has 0 atom stereocenters. The van der Waals surface area contributed by atoms with Crippen LogP contribution < -0.4 is 5.32 Å². The topological polar surface area (TPSA) is 49.3 Å². The summed E-state index contributed by atoms with van der Waals surface area (Å²) in [6, 6.07) is 18.9. The van der Waals surface area contributed by atoms with Crippen molar-refractivity contribution in [3.05, 3.63) is 71.8 Å². The lowest BCUT2D eigenvalue weighted by atomic mass is 9.99. The number of nitrogens with one attached hydrogen (secondary N) is 1. The minimum atomic E-state index is -0.145. The molecule has 0 unspecified atom stereocenters. The van der Waals surface area contributed by atoms with Crippen LogP contribution in [0.5, 0.6) is 5.75 Å². The Morgan fingerprint density at radius 3 is 2.59 bits per heavy atom. The molecule has 3 heteroatoms. The molecule has 3 aromatic carbocycles. The smallest absolute Gasteiger partial charge is 0.256 e. The molecule has 1 aliphatic rings. The van der Waals surface area contributed by atoms with Gasteiger partial charge in [0.2, 0.25) is 0 Å². The molecular weight excluding hydrogens is 274 g/mol. The van der Waals surface area contributed by atoms with Gasteiger partial charge in [-0.25, -0.2) is 0 Å². The first-order valence-corrected chi connectivity index (χ1v) is 7.07. The number of para-hydroxylation sites is 1. The summed E-state index contributed by atoms with van der Waals surface area (Å²) in [5.74, 6) is 0.0249. The number of phenols is 1. The predicted molar refractivity (Wildman–Crippen MR) is 88.6 cm³/mol. The highest BCUT2D eigenvalue weighted by Gasteiger charge is 2.24. The van der Waals surface area contributed by atoms with Gasteiger partial charge in [-0.1, -0.05) is 48.5 Å². The number of hydrogen-bond acceptors (Lipinski definition) is 2. The minimum Gasteiger partial charge on any atom is -0.507 e. The van der Waals surface area contributed by atoms with Crippen LogP contribution in [0.15, 0.2) is 60.7 Å². The van der Waals surface area contributed by atoms with Crippen LogP contribution in [0.4, 0.5) is 5.69 Å². The fourth-order valence-corrected chi connectivity index (χ4v) is 2.86. The van der Waals surface area contributed by atoms with E-state index < -0.39 is 0 Å². The largest absolute Gasteiger partial charge is 0.507 e. The molecule has 0 saturated heterocycles. The zero-order chi connectivity index (χ0) is 15.1. The first-order valence-electron chi connectivity index (χ1n) is 7.07. The second-order valence-corrected chi connectivity index (χ2v) is 5.28. The van der Waals surface area contributed by atoms with Crippen LogP contribution in [0.2, 0.25) is 0 Å². The molecule has 3 nitrogen and oxygen atoms in total. The van der Waals surface area contributed by atoms with Crippen LogP contribution in [0.25, 0.3) is 22.4 Å². The molecule has 3 aromatic rings. The van der Waals surface area contributed by atoms with Gasteiger partial charge >= 0.3 is 0 Å². The average Bonchev–Trinajstić information content (AvgIpc) is 2.86. The Balaban J connectivity index is 1.98. The number of phenolic OH excluding ortho intramolecular Hbond substituents is 1. The van der Waals surface area contributed by atoms with Crippen molar-refractivity contribution in [3.8, 4) is 5.75 Å². The van der Waals surface area contributed by atoms with Crippen molar-refractivity contribution in [2.24, 2.45) is 0 Å². The van der Waals surface area contributed by atoms with Crippen molar-refractivity contribution in [2.45, 2.75) is 0 Å². The number of anilines is 1. The van der Waals surface area contributed by atoms with Gasteiger partial charge in [-0.05, 0) is 29.0 Å². The normalized spacial score (nSPS) is 15.1. The summed E-state index contributed by atoms with van der Waals surface area (Å²) in [5, 5.41) is 15.0. The second-order valence-electron chi connectivity index (χ2n) is 5.28. The molecule has 0 aliphatic carbocycles. The maximum Gasteiger partial charge on any atom is 0.256 e. The summed E-state index contributed by atoms with van der Waals surface area (Å²) >= 11 is 0. The van der Waals surface area contributed by atoms with Crippen molar-refractivity contribution in [3.63, 3.8) is 0 Å². The van der Waals surface area contributed by atoms with Crippen molar-refractivity contribution in [1.82, 2.24) is 0 Å². The fraction of sp³-hybridized carbons (Fsp3) is 0. The molecule has 2 N–H and O–H groups in total. The van der Waals surface area contributed by atoms with E-state index in [9.17, 15) is 9.90 Å². The fourth-order valence-electron chi connectivity index (χ4n) is 2.86. The monoisotopic (exact) mass is 287 g/mol. The third-order valence-electron chi connectivity index (χ3n) is 3.95. The standard InChI is InChI=1S/C19H13NO2/c21-18-10-9-12-5-1-2-6-13(12)15(18)11-16-14-7-3-4-8-17(14)20-19(16)22/h1-11,21H,(H,20,22). The number of hydrogen-bond donors (Lipinski definition) is 2. The molecule has 106 valence electrons. The van der Waals surface area contributed by atoms with Gasteiger partial charge in [0.05, 0.1) is 0 Å². The first kappa shape index (κ1) is 12.7. The predicted octanol–water partition coefficient (Wildman–Crippen LogP) is 4.04. The molecule has 0 radical (unpaired) electrons. The van der Waals surface area contributed by atoms with Gasteiger partial charge in [0, 0.05) is 22.4 Å². The molecule has 0 aromatic heterocycles. The van der Waals surface area contributed by atoms with E-state index in [1.165, 1.54) is 0 Å². The van der Waals surface area contributed by atoms with E-state index in [1.54, 1.807) is 12.1 Å². The second kappa shape index (κ2) is 4.74. The van der Waals surface area contributed by atoms with Gasteiger partial charge < -0.3 is 10.4 Å². The maximum absolute atomic E-state index is 12.2. The van der Waals surface area contributed by atoms with Crippen molar-refractivity contribution < 1.29 is 9.90 Å². The zero-order valence-electron chi connectivity index (χ0n) is 11.7. The van der Waals surface area contributed by atoms with Crippen LogP contribution in [0.1, 0.15) is 11.1 Å². The van der Waals surface area contributed by atoms with Crippen molar-refractivity contribution in [1.29, 1.82) is 0 Å². The number of fused-ring (bicyclic) bond motifs is 2. The summed E-state index contributed by atoms with van der Waals surface area (Å²) in [6.45, 7) is 0. The van der Waals surface area contributed by atoms with Gasteiger partial charge in [-0.2, -0.15) is 0 Å². The Morgan fingerprint density at radius 1 is 0.909 bits per heavy atom. The van der Waals surface area contributed by atoms with E-state index in [0.717, 1.165) is 22.0 Å². The van der Waals surface area contributed by atoms with Crippen molar-refractivity contribution >= 4 is 34.0 Å². The number of carbonyl (C=O) groups excluding carboxylic acids is 1. The third-order valence-corrected chi connectivity index (χ3v) is 3.95. The van der Waals surface area contributed by atoms with Crippen LogP contribution in [0.3, 0.4) is 0 Å². The maximum atomic E-state index is 12.2. The molecule has 0 spiro atoms. The van der Waals surface area contributed by atoms with Crippen molar-refractivity contribution in [2.75, 3.05) is 5.32 Å². The molecule has 1 amide bonds. The summed E-state index contributed by atoms with van der Waals surface area (Å²) in [6.07, 6.45) is 1.76. The number of benzene rings is 3. The van der Waals surface area contributed by atoms with E-state index >= 15 is 0 Å². The van der Waals surface area contributed by atoms with Crippen LogP contribution in [-0.2, 0) is 4.79 Å². The molecule has 1 heterocycles. The van der Waals surface area contributed by atoms with Gasteiger partial charge in [0.15, 0.2) is 0 Å². The Labute approximate surface area is 127 Å². The molecule has 0 bridgehead atoms. The number of rotatable bonds is 1. The Morgan fingerprint density at radius 2 is 1.68 bits per heavy atom. The Kier molecular flexibility index (Phi) is 2.73. The molecular formula is C19H13NO2. The van der Waals surface area contributed by atoms with Crippen LogP contribution >= 0.6 is 0 Å². The molecule has 22 heavy (non-hydrogen) atoms. The van der Waals surface area contributed by atoms with E-state index in [0.29, 0.717) is 11.1 Å². The molecule has 4 rings (SSSR count). The van der Waals surface area contributed by atoms with Gasteiger partial charge in [-0.15, -0.1) is 0 Å². The van der Waals surface area contributed by atoms with Gasteiger partial charge in [-0.3, -0.25) is 4.79 Å². The quantitative estimate of drug-likeness (QED) is 0.664. The Hall–Kier alpha value is -3.07. The highest BCUT2D eigenvalue weighted by Crippen LogP contribution is 2.36. The lowest BCUT2D eigenvalue weighted by molar-refractivity contribution is -0.110. The van der Waals surface area contributed by atoms with Crippen LogP contribution in [0, 0.1) is 0 Å². The van der Waals surface area contributed by atoms with Crippen LogP contribution in [-0.4, -0.2) is 11.0 Å². The first-order chi connectivity index (χ1) is 10.7. The van der Waals surface area contributed by atoms with E-state index in [2.05, 4.69) is 5.32 Å². The van der Waals surface area contributed by atoms with E-state index in [-0.39, 0.29) is 11.7 Å². The number of amides is 1. The number of aromatic hydroxyl groups is 1. The third kappa shape index (κ3) is 1.87. The summed E-state index contributed by atoms with van der Waals surface area (Å²) in [7, 11) is 0. The average molecular weight is 287 g/mol. The summed E-state index contributed by atoms with van der Waals surface area (Å²) < 4.78 is 0. The molecule has 0 fully saturated rings. The number of carbonyl (C=O) groups is 1. The highest BCUT2D eigenvalue weighted by atomic mass is 16.3. The lowest BCUT2D eigenvalue weighted by Crippen LogP contribution is -2.03. The molecule has 0 saturated carbocycles. The van der Waals surface area contributed by atoms with Gasteiger partial charge in [0.25, 0.3) is 5.91 Å². The SMILES string of the molecule is O=C1Nc2ccccc2C1=Cc1c(O)ccc2ccccc12. The van der Waals surface area contributed by atoms with Gasteiger partial charge in [0.1, 0.15) is 5.75 Å². The summed E-state index contributed by atoms with van der Waals surface area (Å²) in [4.78, 5) is 12.2. The van der Waals surface area contributed by atoms with E-state index in [1.807, 2.05) is 54.6 Å². The zero-order valence-corrected chi connectivity index (χ0v) is 11.7.